The molecule has 2 aromatic carbocycles. The number of aromatic nitrogens is 2. The molecule has 1 aromatic heterocycles. The van der Waals surface area contributed by atoms with Crippen LogP contribution >= 0.6 is 11.8 Å². The zero-order valence-corrected chi connectivity index (χ0v) is 16.7. The number of aryl methyl sites for hydroxylation is 3. The molecule has 0 aliphatic heterocycles. The van der Waals surface area contributed by atoms with E-state index in [1.165, 1.54) is 22.9 Å². The molecule has 140 valence electrons. The maximum absolute atomic E-state index is 12.6. The van der Waals surface area contributed by atoms with Crippen molar-refractivity contribution in [2.75, 3.05) is 0 Å². The number of ketones is 1. The van der Waals surface area contributed by atoms with Gasteiger partial charge in [-0.2, -0.15) is 0 Å². The Morgan fingerprint density at radius 1 is 1.07 bits per heavy atom. The van der Waals surface area contributed by atoms with E-state index in [1.54, 1.807) is 0 Å². The van der Waals surface area contributed by atoms with Gasteiger partial charge in [0.15, 0.2) is 12.4 Å². The summed E-state index contributed by atoms with van der Waals surface area (Å²) in [6.45, 7) is 8.08. The lowest BCUT2D eigenvalue weighted by Gasteiger charge is -2.09. The predicted octanol–water partition coefficient (Wildman–Crippen LogP) is 4.94. The number of carbonyl (C=O) groups excluding carboxylic acids is 1. The summed E-state index contributed by atoms with van der Waals surface area (Å²) in [7, 11) is 0. The molecule has 0 fully saturated rings. The molecule has 0 radical (unpaired) electrons. The number of ether oxygens (including phenoxy) is 1. The second-order valence-corrected chi connectivity index (χ2v) is 7.78. The highest BCUT2D eigenvalue weighted by molar-refractivity contribution is 8.00. The first-order valence-electron chi connectivity index (χ1n) is 8.72. The van der Waals surface area contributed by atoms with Crippen molar-refractivity contribution < 1.29 is 13.9 Å². The minimum absolute atomic E-state index is 0.0405. The second kappa shape index (κ2) is 8.39. The number of thioether (sulfide) groups is 1. The molecule has 0 aliphatic rings. The van der Waals surface area contributed by atoms with E-state index in [-0.39, 0.29) is 17.6 Å². The van der Waals surface area contributed by atoms with Gasteiger partial charge < -0.3 is 9.15 Å². The van der Waals surface area contributed by atoms with Crippen molar-refractivity contribution in [1.82, 2.24) is 10.2 Å². The number of carbonyl (C=O) groups is 1. The lowest BCUT2D eigenvalue weighted by atomic mass is 10.0. The molecule has 0 saturated carbocycles. The number of Topliss-reactive ketones (excluding diaryl/α,β-unsaturated/α-hetero) is 1. The molecule has 0 N–H and O–H groups in total. The highest BCUT2D eigenvalue weighted by atomic mass is 32.2. The standard InChI is InChI=1S/C21H22N2O3S/c1-13-5-9-18(10-6-13)25-12-19-22-23-21(26-19)27-16(4)20(24)17-8-7-14(2)15(3)11-17/h5-11,16H,12H2,1-4H3. The first-order chi connectivity index (χ1) is 12.9. The molecule has 27 heavy (non-hydrogen) atoms. The number of rotatable bonds is 7. The monoisotopic (exact) mass is 382 g/mol. The van der Waals surface area contributed by atoms with Crippen molar-refractivity contribution in [3.8, 4) is 5.75 Å². The molecular formula is C21H22N2O3S. The third-order valence-electron chi connectivity index (χ3n) is 4.27. The first-order valence-corrected chi connectivity index (χ1v) is 9.60. The molecule has 0 bridgehead atoms. The van der Waals surface area contributed by atoms with Gasteiger partial charge in [-0.15, -0.1) is 10.2 Å². The third-order valence-corrected chi connectivity index (χ3v) is 5.20. The average Bonchev–Trinajstić information content (AvgIpc) is 3.10. The first kappa shape index (κ1) is 19.2. The van der Waals surface area contributed by atoms with E-state index < -0.39 is 0 Å². The van der Waals surface area contributed by atoms with Crippen LogP contribution in [0, 0.1) is 20.8 Å². The van der Waals surface area contributed by atoms with E-state index in [9.17, 15) is 4.79 Å². The van der Waals surface area contributed by atoms with Crippen LogP contribution in [0.1, 0.15) is 39.9 Å². The molecule has 3 aromatic rings. The van der Waals surface area contributed by atoms with Gasteiger partial charge in [0.05, 0.1) is 5.25 Å². The minimum Gasteiger partial charge on any atom is -0.484 e. The topological polar surface area (TPSA) is 65.2 Å². The minimum atomic E-state index is -0.321. The molecular weight excluding hydrogens is 360 g/mol. The zero-order chi connectivity index (χ0) is 19.4. The Labute approximate surface area is 163 Å². The van der Waals surface area contributed by atoms with E-state index in [0.717, 1.165) is 11.3 Å². The molecule has 1 unspecified atom stereocenters. The predicted molar refractivity (Wildman–Crippen MR) is 105 cm³/mol. The van der Waals surface area contributed by atoms with Crippen LogP contribution in [0.25, 0.3) is 0 Å². The van der Waals surface area contributed by atoms with Crippen LogP contribution in [0.15, 0.2) is 52.1 Å². The third kappa shape index (κ3) is 4.98. The summed E-state index contributed by atoms with van der Waals surface area (Å²) in [5.41, 5.74) is 4.13. The van der Waals surface area contributed by atoms with Crippen molar-refractivity contribution in [2.24, 2.45) is 0 Å². The van der Waals surface area contributed by atoms with Crippen molar-refractivity contribution in [3.05, 3.63) is 70.6 Å². The fraction of sp³-hybridized carbons (Fsp3) is 0.286. The number of benzene rings is 2. The number of hydrogen-bond acceptors (Lipinski definition) is 6. The Morgan fingerprint density at radius 2 is 1.81 bits per heavy atom. The summed E-state index contributed by atoms with van der Waals surface area (Å²) in [6, 6.07) is 13.5. The number of nitrogens with zero attached hydrogens (tertiary/aromatic N) is 2. The quantitative estimate of drug-likeness (QED) is 0.426. The van der Waals surface area contributed by atoms with Gasteiger partial charge in [0, 0.05) is 5.56 Å². The van der Waals surface area contributed by atoms with Crippen LogP contribution in [0.4, 0.5) is 0 Å². The van der Waals surface area contributed by atoms with E-state index in [0.29, 0.717) is 16.7 Å². The lowest BCUT2D eigenvalue weighted by Crippen LogP contribution is -2.13. The maximum atomic E-state index is 12.6. The summed E-state index contributed by atoms with van der Waals surface area (Å²) in [5, 5.41) is 8.03. The van der Waals surface area contributed by atoms with Crippen molar-refractivity contribution >= 4 is 17.5 Å². The van der Waals surface area contributed by atoms with Crippen LogP contribution < -0.4 is 4.74 Å². The molecule has 5 nitrogen and oxygen atoms in total. The van der Waals surface area contributed by atoms with Gasteiger partial charge in [0.2, 0.25) is 0 Å². The van der Waals surface area contributed by atoms with Gasteiger partial charge in [0.1, 0.15) is 5.75 Å². The lowest BCUT2D eigenvalue weighted by molar-refractivity contribution is 0.0993. The molecule has 6 heteroatoms. The Hall–Kier alpha value is -2.60. The van der Waals surface area contributed by atoms with Gasteiger partial charge in [-0.3, -0.25) is 4.79 Å². The molecule has 0 amide bonds. The van der Waals surface area contributed by atoms with Crippen LogP contribution in [0.2, 0.25) is 0 Å². The molecule has 0 spiro atoms. The van der Waals surface area contributed by atoms with Crippen LogP contribution in [0.5, 0.6) is 5.75 Å². The normalized spacial score (nSPS) is 12.0. The Balaban J connectivity index is 1.58. The fourth-order valence-electron chi connectivity index (χ4n) is 2.46. The maximum Gasteiger partial charge on any atom is 0.277 e. The summed E-state index contributed by atoms with van der Waals surface area (Å²) in [6.07, 6.45) is 0. The average molecular weight is 382 g/mol. The van der Waals surface area contributed by atoms with Gasteiger partial charge in [-0.1, -0.05) is 41.6 Å². The van der Waals surface area contributed by atoms with Crippen molar-refractivity contribution in [1.29, 1.82) is 0 Å². The van der Waals surface area contributed by atoms with Crippen LogP contribution in [-0.4, -0.2) is 21.2 Å². The Bertz CT molecular complexity index is 935. The Morgan fingerprint density at radius 3 is 2.52 bits per heavy atom. The SMILES string of the molecule is Cc1ccc(OCc2nnc(SC(C)C(=O)c3ccc(C)c(C)c3)o2)cc1. The highest BCUT2D eigenvalue weighted by Gasteiger charge is 2.20. The van der Waals surface area contributed by atoms with E-state index in [1.807, 2.05) is 70.2 Å². The van der Waals surface area contributed by atoms with Crippen molar-refractivity contribution in [2.45, 2.75) is 44.8 Å². The summed E-state index contributed by atoms with van der Waals surface area (Å²) in [4.78, 5) is 12.6. The fourth-order valence-corrected chi connectivity index (χ4v) is 3.24. The molecule has 0 saturated heterocycles. The summed E-state index contributed by atoms with van der Waals surface area (Å²) >= 11 is 1.26. The van der Waals surface area contributed by atoms with Gasteiger partial charge in [-0.25, -0.2) is 0 Å². The molecule has 0 aliphatic carbocycles. The zero-order valence-electron chi connectivity index (χ0n) is 15.9. The van der Waals surface area contributed by atoms with Gasteiger partial charge >= 0.3 is 0 Å². The molecule has 3 rings (SSSR count). The van der Waals surface area contributed by atoms with Crippen LogP contribution in [0.3, 0.4) is 0 Å². The van der Waals surface area contributed by atoms with E-state index in [2.05, 4.69) is 10.2 Å². The largest absolute Gasteiger partial charge is 0.484 e. The molecule has 1 atom stereocenters. The Kier molecular flexibility index (Phi) is 5.96. The number of hydrogen-bond donors (Lipinski definition) is 0. The molecule has 1 heterocycles. The van der Waals surface area contributed by atoms with Crippen LogP contribution in [-0.2, 0) is 6.61 Å². The van der Waals surface area contributed by atoms with E-state index >= 15 is 0 Å². The summed E-state index contributed by atoms with van der Waals surface area (Å²) < 4.78 is 11.2. The van der Waals surface area contributed by atoms with Gasteiger partial charge in [-0.05, 0) is 57.0 Å². The smallest absolute Gasteiger partial charge is 0.277 e. The van der Waals surface area contributed by atoms with Crippen molar-refractivity contribution in [3.63, 3.8) is 0 Å². The second-order valence-electron chi connectivity index (χ2n) is 6.49. The highest BCUT2D eigenvalue weighted by Crippen LogP contribution is 2.25. The summed E-state index contributed by atoms with van der Waals surface area (Å²) in [5.74, 6) is 1.16. The van der Waals surface area contributed by atoms with Gasteiger partial charge in [0.25, 0.3) is 11.1 Å². The van der Waals surface area contributed by atoms with E-state index in [4.69, 9.17) is 9.15 Å².